The van der Waals surface area contributed by atoms with Crippen LogP contribution in [-0.2, 0) is 4.79 Å². The summed E-state index contributed by atoms with van der Waals surface area (Å²) in [5.41, 5.74) is 3.39. The summed E-state index contributed by atoms with van der Waals surface area (Å²) >= 11 is 0. The van der Waals surface area contributed by atoms with Crippen LogP contribution in [0.5, 0.6) is 0 Å². The van der Waals surface area contributed by atoms with Crippen LogP contribution in [0.3, 0.4) is 0 Å². The summed E-state index contributed by atoms with van der Waals surface area (Å²) in [4.78, 5) is 19.7. The van der Waals surface area contributed by atoms with Gasteiger partial charge in [-0.25, -0.2) is 4.98 Å². The molecule has 3 heterocycles. The molecule has 110 valence electrons. The zero-order valence-corrected chi connectivity index (χ0v) is 12.0. The van der Waals surface area contributed by atoms with Gasteiger partial charge in [0.15, 0.2) is 12.2 Å². The highest BCUT2D eigenvalue weighted by molar-refractivity contribution is 6.05. The first-order valence-corrected chi connectivity index (χ1v) is 6.99. The van der Waals surface area contributed by atoms with E-state index < -0.39 is 0 Å². The van der Waals surface area contributed by atoms with E-state index in [1.54, 1.807) is 0 Å². The summed E-state index contributed by atoms with van der Waals surface area (Å²) < 4.78 is 0. The molecule has 1 atom stereocenters. The zero-order chi connectivity index (χ0) is 15.3. The number of nitrogens with zero attached hydrogens (tertiary/aromatic N) is 5. The van der Waals surface area contributed by atoms with Crippen LogP contribution in [0.15, 0.2) is 18.5 Å². The van der Waals surface area contributed by atoms with Gasteiger partial charge >= 0.3 is 0 Å². The topological polar surface area (TPSA) is 109 Å². The van der Waals surface area contributed by atoms with Gasteiger partial charge in [-0.15, -0.1) is 20.4 Å². The molecule has 8 heteroatoms. The number of benzene rings is 1. The standard InChI is InChI=1S/C14H13N7O/c1-6(2)11-7-3-9-10(4-8(7)19-14(11)22)18-12(17-9)13-20-15-5-16-21-13/h3-6,11H,1-2H3,(H,17,18)(H,19,22). The molecule has 0 fully saturated rings. The Kier molecular flexibility index (Phi) is 2.65. The quantitative estimate of drug-likeness (QED) is 0.741. The van der Waals surface area contributed by atoms with Crippen LogP contribution in [0, 0.1) is 5.92 Å². The van der Waals surface area contributed by atoms with Crippen molar-refractivity contribution >= 4 is 22.6 Å². The lowest BCUT2D eigenvalue weighted by Crippen LogP contribution is -2.16. The van der Waals surface area contributed by atoms with Crippen molar-refractivity contribution in [3.8, 4) is 11.6 Å². The molecule has 2 N–H and O–H groups in total. The number of fused-ring (bicyclic) bond motifs is 2. The molecule has 22 heavy (non-hydrogen) atoms. The fraction of sp³-hybridized carbons (Fsp3) is 0.286. The highest BCUT2D eigenvalue weighted by Crippen LogP contribution is 2.39. The second-order valence-corrected chi connectivity index (χ2v) is 5.62. The number of carbonyl (C=O) groups excluding carboxylic acids is 1. The van der Waals surface area contributed by atoms with E-state index in [-0.39, 0.29) is 17.7 Å². The van der Waals surface area contributed by atoms with Gasteiger partial charge in [0.25, 0.3) is 0 Å². The predicted molar refractivity (Wildman–Crippen MR) is 78.9 cm³/mol. The van der Waals surface area contributed by atoms with E-state index in [1.165, 1.54) is 6.33 Å². The Hall–Kier alpha value is -2.90. The van der Waals surface area contributed by atoms with Crippen LogP contribution in [0.1, 0.15) is 25.3 Å². The molecule has 0 aliphatic carbocycles. The SMILES string of the molecule is CC(C)C1C(=O)Nc2cc3[nH]c(-c4nncnn4)nc3cc21. The average molecular weight is 295 g/mol. The Morgan fingerprint density at radius 3 is 2.68 bits per heavy atom. The number of amides is 1. The summed E-state index contributed by atoms with van der Waals surface area (Å²) in [6, 6.07) is 3.84. The van der Waals surface area contributed by atoms with Gasteiger partial charge in [-0.05, 0) is 23.6 Å². The number of carbonyl (C=O) groups is 1. The first-order chi connectivity index (χ1) is 10.6. The van der Waals surface area contributed by atoms with E-state index in [0.29, 0.717) is 11.6 Å². The minimum absolute atomic E-state index is 0.0395. The zero-order valence-electron chi connectivity index (χ0n) is 12.0. The van der Waals surface area contributed by atoms with E-state index in [9.17, 15) is 4.79 Å². The van der Waals surface area contributed by atoms with Crippen molar-refractivity contribution in [3.63, 3.8) is 0 Å². The molecular weight excluding hydrogens is 282 g/mol. The molecule has 2 aromatic heterocycles. The largest absolute Gasteiger partial charge is 0.335 e. The Morgan fingerprint density at radius 2 is 1.95 bits per heavy atom. The Morgan fingerprint density at radius 1 is 1.18 bits per heavy atom. The molecule has 1 unspecified atom stereocenters. The molecule has 1 amide bonds. The number of H-pyrrole nitrogens is 1. The Balaban J connectivity index is 1.85. The van der Waals surface area contributed by atoms with Gasteiger partial charge in [0.05, 0.1) is 17.0 Å². The van der Waals surface area contributed by atoms with Crippen molar-refractivity contribution in [2.45, 2.75) is 19.8 Å². The number of aromatic amines is 1. The van der Waals surface area contributed by atoms with Crippen molar-refractivity contribution in [3.05, 3.63) is 24.0 Å². The number of anilines is 1. The van der Waals surface area contributed by atoms with Crippen LogP contribution in [0.4, 0.5) is 5.69 Å². The first-order valence-electron chi connectivity index (χ1n) is 6.99. The van der Waals surface area contributed by atoms with Crippen LogP contribution in [0.25, 0.3) is 22.7 Å². The fourth-order valence-electron chi connectivity index (χ4n) is 2.86. The second-order valence-electron chi connectivity index (χ2n) is 5.62. The monoisotopic (exact) mass is 295 g/mol. The minimum atomic E-state index is -0.143. The van der Waals surface area contributed by atoms with Gasteiger partial charge in [-0.1, -0.05) is 13.8 Å². The van der Waals surface area contributed by atoms with Gasteiger partial charge in [0.1, 0.15) is 0 Å². The third kappa shape index (κ3) is 1.84. The molecular formula is C14H13N7O. The van der Waals surface area contributed by atoms with Gasteiger partial charge < -0.3 is 10.3 Å². The minimum Gasteiger partial charge on any atom is -0.335 e. The summed E-state index contributed by atoms with van der Waals surface area (Å²) in [6.45, 7) is 4.07. The maximum atomic E-state index is 12.1. The molecule has 1 aromatic carbocycles. The third-order valence-corrected chi connectivity index (χ3v) is 3.82. The number of rotatable bonds is 2. The van der Waals surface area contributed by atoms with E-state index in [2.05, 4.69) is 35.7 Å². The molecule has 3 aromatic rings. The van der Waals surface area contributed by atoms with Crippen LogP contribution in [-0.4, -0.2) is 36.3 Å². The van der Waals surface area contributed by atoms with E-state index in [1.807, 2.05) is 26.0 Å². The first kappa shape index (κ1) is 12.8. The number of hydrogen-bond donors (Lipinski definition) is 2. The molecule has 8 nitrogen and oxygen atoms in total. The van der Waals surface area contributed by atoms with Gasteiger partial charge in [0, 0.05) is 5.69 Å². The molecule has 0 saturated heterocycles. The Labute approximate surface area is 125 Å². The van der Waals surface area contributed by atoms with Crippen LogP contribution < -0.4 is 5.32 Å². The fourth-order valence-corrected chi connectivity index (χ4v) is 2.86. The van der Waals surface area contributed by atoms with E-state index >= 15 is 0 Å². The van der Waals surface area contributed by atoms with Gasteiger partial charge in [-0.3, -0.25) is 4.79 Å². The lowest BCUT2D eigenvalue weighted by atomic mass is 9.89. The average Bonchev–Trinajstić information content (AvgIpc) is 3.04. The van der Waals surface area contributed by atoms with E-state index in [4.69, 9.17) is 0 Å². The van der Waals surface area contributed by atoms with Crippen molar-refractivity contribution in [1.82, 2.24) is 30.4 Å². The normalized spacial score (nSPS) is 17.0. The lowest BCUT2D eigenvalue weighted by molar-refractivity contribution is -0.117. The molecule has 0 spiro atoms. The number of nitrogens with one attached hydrogen (secondary N) is 2. The summed E-state index contributed by atoms with van der Waals surface area (Å²) in [6.07, 6.45) is 1.27. The highest BCUT2D eigenvalue weighted by atomic mass is 16.2. The molecule has 1 aliphatic heterocycles. The molecule has 1 aliphatic rings. The van der Waals surface area contributed by atoms with Gasteiger partial charge in [-0.2, -0.15) is 0 Å². The van der Waals surface area contributed by atoms with Crippen molar-refractivity contribution in [2.75, 3.05) is 5.32 Å². The Bertz CT molecular complexity index is 872. The molecule has 4 rings (SSSR count). The molecule has 0 radical (unpaired) electrons. The lowest BCUT2D eigenvalue weighted by Gasteiger charge is -2.12. The second kappa shape index (κ2) is 4.55. The number of imidazole rings is 1. The maximum absolute atomic E-state index is 12.1. The smallest absolute Gasteiger partial charge is 0.238 e. The number of hydrogen-bond acceptors (Lipinski definition) is 6. The predicted octanol–water partition coefficient (Wildman–Crippen LogP) is 1.50. The third-order valence-electron chi connectivity index (χ3n) is 3.82. The van der Waals surface area contributed by atoms with Crippen molar-refractivity contribution in [2.24, 2.45) is 5.92 Å². The molecule has 0 bridgehead atoms. The highest BCUT2D eigenvalue weighted by Gasteiger charge is 2.33. The van der Waals surface area contributed by atoms with Crippen molar-refractivity contribution < 1.29 is 4.79 Å². The maximum Gasteiger partial charge on any atom is 0.238 e. The number of aromatic nitrogens is 6. The summed E-state index contributed by atoms with van der Waals surface area (Å²) in [7, 11) is 0. The van der Waals surface area contributed by atoms with Crippen molar-refractivity contribution in [1.29, 1.82) is 0 Å². The summed E-state index contributed by atoms with van der Waals surface area (Å²) in [5, 5.41) is 18.1. The summed E-state index contributed by atoms with van der Waals surface area (Å²) in [5.74, 6) is 0.964. The van der Waals surface area contributed by atoms with Crippen LogP contribution in [0.2, 0.25) is 0 Å². The van der Waals surface area contributed by atoms with Gasteiger partial charge in [0.2, 0.25) is 11.7 Å². The van der Waals surface area contributed by atoms with Crippen LogP contribution >= 0.6 is 0 Å². The molecule has 0 saturated carbocycles. The van der Waals surface area contributed by atoms with E-state index in [0.717, 1.165) is 22.3 Å².